The predicted molar refractivity (Wildman–Crippen MR) is 105 cm³/mol. The number of carbonyl (C=O) groups excluding carboxylic acids is 1. The van der Waals surface area contributed by atoms with Crippen molar-refractivity contribution in [1.82, 2.24) is 15.5 Å². The second-order valence-electron chi connectivity index (χ2n) is 9.04. The molecule has 1 aromatic carbocycles. The standard InChI is InChI=1S/C22H31N3O2/c26-21(24-17-6-7-17)14-25-10-8-22(9-11-25)13-18(15-27-22)23-20-12-19(20)16-4-2-1-3-5-16/h1-5,17-20,23H,6-15H2,(H,24,26)/t18?,19-,20+/m0/s1. The molecule has 2 saturated heterocycles. The molecule has 2 aliphatic heterocycles. The molecule has 1 aromatic rings. The average molecular weight is 370 g/mol. The topological polar surface area (TPSA) is 53.6 Å². The zero-order chi connectivity index (χ0) is 18.3. The van der Waals surface area contributed by atoms with Gasteiger partial charge < -0.3 is 15.4 Å². The highest BCUT2D eigenvalue weighted by atomic mass is 16.5. The van der Waals surface area contributed by atoms with E-state index in [0.29, 0.717) is 30.6 Å². The molecule has 1 unspecified atom stereocenters. The Hall–Kier alpha value is -1.43. The fraction of sp³-hybridized carbons (Fsp3) is 0.682. The molecule has 0 aromatic heterocycles. The van der Waals surface area contributed by atoms with Crippen LogP contribution >= 0.6 is 0 Å². The lowest BCUT2D eigenvalue weighted by molar-refractivity contribution is -0.123. The van der Waals surface area contributed by atoms with Crippen molar-refractivity contribution in [2.45, 2.75) is 68.2 Å². The summed E-state index contributed by atoms with van der Waals surface area (Å²) in [7, 11) is 0. The third kappa shape index (κ3) is 4.20. The summed E-state index contributed by atoms with van der Waals surface area (Å²) < 4.78 is 6.30. The third-order valence-corrected chi connectivity index (χ3v) is 6.75. The van der Waals surface area contributed by atoms with Gasteiger partial charge in [0.05, 0.1) is 18.8 Å². The smallest absolute Gasteiger partial charge is 0.234 e. The van der Waals surface area contributed by atoms with Crippen LogP contribution in [0.4, 0.5) is 0 Å². The van der Waals surface area contributed by atoms with Crippen molar-refractivity contribution in [3.05, 3.63) is 35.9 Å². The van der Waals surface area contributed by atoms with Gasteiger partial charge in [0.15, 0.2) is 0 Å². The van der Waals surface area contributed by atoms with Crippen molar-refractivity contribution in [2.24, 2.45) is 0 Å². The maximum Gasteiger partial charge on any atom is 0.234 e. The Bertz CT molecular complexity index is 667. The Morgan fingerprint density at radius 3 is 2.67 bits per heavy atom. The zero-order valence-corrected chi connectivity index (χ0v) is 16.0. The second-order valence-corrected chi connectivity index (χ2v) is 9.04. The first-order chi connectivity index (χ1) is 13.2. The first-order valence-electron chi connectivity index (χ1n) is 10.7. The van der Waals surface area contributed by atoms with Crippen molar-refractivity contribution >= 4 is 5.91 Å². The van der Waals surface area contributed by atoms with Gasteiger partial charge in [-0.25, -0.2) is 0 Å². The summed E-state index contributed by atoms with van der Waals surface area (Å²) in [6.07, 6.45) is 6.78. The molecule has 2 aliphatic carbocycles. The van der Waals surface area contributed by atoms with Crippen molar-refractivity contribution in [2.75, 3.05) is 26.2 Å². The van der Waals surface area contributed by atoms with Gasteiger partial charge in [0.2, 0.25) is 5.91 Å². The monoisotopic (exact) mass is 369 g/mol. The van der Waals surface area contributed by atoms with Gasteiger partial charge >= 0.3 is 0 Å². The number of likely N-dealkylation sites (tertiary alicyclic amines) is 1. The first-order valence-corrected chi connectivity index (χ1v) is 10.7. The molecule has 2 N–H and O–H groups in total. The van der Waals surface area contributed by atoms with Gasteiger partial charge in [-0.2, -0.15) is 0 Å². The van der Waals surface area contributed by atoms with Crippen LogP contribution in [0, 0.1) is 0 Å². The summed E-state index contributed by atoms with van der Waals surface area (Å²) in [5.41, 5.74) is 1.50. The van der Waals surface area contributed by atoms with E-state index in [1.165, 1.54) is 12.0 Å². The summed E-state index contributed by atoms with van der Waals surface area (Å²) in [4.78, 5) is 14.3. The van der Waals surface area contributed by atoms with E-state index in [-0.39, 0.29) is 11.5 Å². The molecule has 5 heteroatoms. The number of amides is 1. The van der Waals surface area contributed by atoms with E-state index < -0.39 is 0 Å². The summed E-state index contributed by atoms with van der Waals surface area (Å²) in [6, 6.07) is 12.4. The van der Waals surface area contributed by atoms with Crippen LogP contribution in [-0.4, -0.2) is 60.8 Å². The van der Waals surface area contributed by atoms with E-state index in [4.69, 9.17) is 4.74 Å². The van der Waals surface area contributed by atoms with E-state index in [9.17, 15) is 4.79 Å². The molecule has 27 heavy (non-hydrogen) atoms. The molecule has 5 rings (SSSR count). The van der Waals surface area contributed by atoms with Crippen LogP contribution in [0.2, 0.25) is 0 Å². The summed E-state index contributed by atoms with van der Waals surface area (Å²) >= 11 is 0. The number of carbonyl (C=O) groups is 1. The summed E-state index contributed by atoms with van der Waals surface area (Å²) in [5, 5.41) is 6.94. The Balaban J connectivity index is 1.06. The highest BCUT2D eigenvalue weighted by Crippen LogP contribution is 2.43. The molecule has 0 radical (unpaired) electrons. The SMILES string of the molecule is O=C(CN1CCC2(CC1)CC(N[C@@H]1C[C@H]1c1ccccc1)CO2)NC1CC1. The first kappa shape index (κ1) is 17.7. The Morgan fingerprint density at radius 1 is 1.15 bits per heavy atom. The molecule has 4 aliphatic rings. The molecular formula is C22H31N3O2. The van der Waals surface area contributed by atoms with Gasteiger partial charge in [-0.05, 0) is 44.1 Å². The number of hydrogen-bond acceptors (Lipinski definition) is 4. The molecule has 1 amide bonds. The maximum atomic E-state index is 12.0. The van der Waals surface area contributed by atoms with Gasteiger partial charge in [0.25, 0.3) is 0 Å². The largest absolute Gasteiger partial charge is 0.373 e. The number of nitrogens with zero attached hydrogens (tertiary/aromatic N) is 1. The minimum absolute atomic E-state index is 0.0399. The average Bonchev–Trinajstić information content (AvgIpc) is 3.59. The fourth-order valence-corrected chi connectivity index (χ4v) is 4.87. The van der Waals surface area contributed by atoms with Gasteiger partial charge in [-0.3, -0.25) is 9.69 Å². The molecule has 4 fully saturated rings. The normalized spacial score (nSPS) is 32.5. The highest BCUT2D eigenvalue weighted by molar-refractivity contribution is 5.78. The van der Waals surface area contributed by atoms with Crippen molar-refractivity contribution in [1.29, 1.82) is 0 Å². The predicted octanol–water partition coefficient (Wildman–Crippen LogP) is 2.03. The molecule has 2 saturated carbocycles. The van der Waals surface area contributed by atoms with E-state index in [2.05, 4.69) is 45.9 Å². The van der Waals surface area contributed by atoms with E-state index in [1.54, 1.807) is 0 Å². The van der Waals surface area contributed by atoms with Crippen LogP contribution in [0.25, 0.3) is 0 Å². The number of ether oxygens (including phenoxy) is 1. The molecule has 0 bridgehead atoms. The molecule has 3 atom stereocenters. The van der Waals surface area contributed by atoms with Crippen molar-refractivity contribution in [3.8, 4) is 0 Å². The quantitative estimate of drug-likeness (QED) is 0.806. The molecule has 2 heterocycles. The lowest BCUT2D eigenvalue weighted by atomic mass is 9.87. The number of nitrogens with one attached hydrogen (secondary N) is 2. The van der Waals surface area contributed by atoms with Crippen molar-refractivity contribution in [3.63, 3.8) is 0 Å². The number of rotatable bonds is 6. The van der Waals surface area contributed by atoms with Crippen LogP contribution in [0.15, 0.2) is 30.3 Å². The second kappa shape index (κ2) is 7.19. The fourth-order valence-electron chi connectivity index (χ4n) is 4.87. The van der Waals surface area contributed by atoms with Crippen LogP contribution in [0.3, 0.4) is 0 Å². The van der Waals surface area contributed by atoms with Gasteiger partial charge in [0, 0.05) is 37.1 Å². The number of hydrogen-bond donors (Lipinski definition) is 2. The van der Waals surface area contributed by atoms with Crippen LogP contribution in [-0.2, 0) is 9.53 Å². The molecular weight excluding hydrogens is 338 g/mol. The minimum atomic E-state index is 0.0399. The maximum absolute atomic E-state index is 12.0. The van der Waals surface area contributed by atoms with Gasteiger partial charge in [-0.15, -0.1) is 0 Å². The third-order valence-electron chi connectivity index (χ3n) is 6.75. The molecule has 1 spiro atoms. The highest BCUT2D eigenvalue weighted by Gasteiger charge is 2.46. The van der Waals surface area contributed by atoms with Crippen LogP contribution in [0.1, 0.15) is 50.0 Å². The summed E-state index contributed by atoms with van der Waals surface area (Å²) in [5.74, 6) is 0.871. The number of piperidine rings is 1. The van der Waals surface area contributed by atoms with E-state index >= 15 is 0 Å². The van der Waals surface area contributed by atoms with Gasteiger partial charge in [-0.1, -0.05) is 30.3 Å². The Labute approximate surface area is 161 Å². The molecule has 146 valence electrons. The zero-order valence-electron chi connectivity index (χ0n) is 16.0. The number of benzene rings is 1. The lowest BCUT2D eigenvalue weighted by Crippen LogP contribution is -2.48. The van der Waals surface area contributed by atoms with Gasteiger partial charge in [0.1, 0.15) is 0 Å². The Kier molecular flexibility index (Phi) is 4.70. The molecule has 5 nitrogen and oxygen atoms in total. The minimum Gasteiger partial charge on any atom is -0.373 e. The lowest BCUT2D eigenvalue weighted by Gasteiger charge is -2.38. The van der Waals surface area contributed by atoms with Crippen molar-refractivity contribution < 1.29 is 9.53 Å². The van der Waals surface area contributed by atoms with Crippen LogP contribution < -0.4 is 10.6 Å². The summed E-state index contributed by atoms with van der Waals surface area (Å²) in [6.45, 7) is 3.33. The van der Waals surface area contributed by atoms with E-state index in [0.717, 1.165) is 51.8 Å². The van der Waals surface area contributed by atoms with E-state index in [1.807, 2.05) is 0 Å². The van der Waals surface area contributed by atoms with Crippen LogP contribution in [0.5, 0.6) is 0 Å². The Morgan fingerprint density at radius 2 is 1.93 bits per heavy atom.